The maximum Gasteiger partial charge on any atom is 0.310 e. The van der Waals surface area contributed by atoms with E-state index < -0.39 is 5.97 Å². The maximum absolute atomic E-state index is 11.7. The van der Waals surface area contributed by atoms with Crippen LogP contribution in [-0.2, 0) is 20.7 Å². The number of hydrogen-bond acceptors (Lipinski definition) is 3. The van der Waals surface area contributed by atoms with E-state index in [1.54, 1.807) is 30.3 Å². The lowest BCUT2D eigenvalue weighted by Crippen LogP contribution is -2.21. The minimum Gasteiger partial charge on any atom is -0.455 e. The molecule has 0 aromatic heterocycles. The van der Waals surface area contributed by atoms with Gasteiger partial charge in [0.05, 0.1) is 6.42 Å². The number of amides is 1. The molecule has 0 radical (unpaired) electrons. The molecule has 0 atom stereocenters. The number of carbonyl (C=O) groups excluding carboxylic acids is 2. The molecule has 2 aromatic carbocycles. The lowest BCUT2D eigenvalue weighted by Gasteiger charge is -2.07. The van der Waals surface area contributed by atoms with Gasteiger partial charge in [-0.05, 0) is 42.3 Å². The van der Waals surface area contributed by atoms with Gasteiger partial charge < -0.3 is 10.1 Å². The third-order valence-electron chi connectivity index (χ3n) is 2.93. The Balaban J connectivity index is 1.78. The minimum absolute atomic E-state index is 0.106. The number of nitrogens with one attached hydrogen (secondary N) is 1. The Morgan fingerprint density at radius 1 is 1.14 bits per heavy atom. The molecule has 114 valence electrons. The first-order valence-electron chi connectivity index (χ1n) is 6.79. The Kier molecular flexibility index (Phi) is 5.55. The summed E-state index contributed by atoms with van der Waals surface area (Å²) in [5, 5.41) is 3.28. The van der Waals surface area contributed by atoms with Crippen molar-refractivity contribution < 1.29 is 14.3 Å². The molecule has 0 aliphatic heterocycles. The Morgan fingerprint density at radius 3 is 2.55 bits per heavy atom. The largest absolute Gasteiger partial charge is 0.455 e. The zero-order valence-electron chi connectivity index (χ0n) is 12.1. The van der Waals surface area contributed by atoms with Gasteiger partial charge in [-0.1, -0.05) is 35.9 Å². The molecular weight excluding hydrogens is 302 g/mol. The third-order valence-corrected chi connectivity index (χ3v) is 3.18. The van der Waals surface area contributed by atoms with Crippen molar-refractivity contribution in [1.29, 1.82) is 0 Å². The van der Waals surface area contributed by atoms with Crippen molar-refractivity contribution in [1.82, 2.24) is 0 Å². The van der Waals surface area contributed by atoms with Crippen LogP contribution in [0.5, 0.6) is 0 Å². The van der Waals surface area contributed by atoms with Gasteiger partial charge >= 0.3 is 5.97 Å². The number of carbonyl (C=O) groups is 2. The fraction of sp³-hybridized carbons (Fsp3) is 0.176. The van der Waals surface area contributed by atoms with Gasteiger partial charge in [-0.2, -0.15) is 0 Å². The van der Waals surface area contributed by atoms with E-state index in [1.807, 2.05) is 25.1 Å². The quantitative estimate of drug-likeness (QED) is 0.860. The first-order chi connectivity index (χ1) is 10.5. The second kappa shape index (κ2) is 7.61. The molecule has 4 nitrogen and oxygen atoms in total. The highest BCUT2D eigenvalue weighted by Gasteiger charge is 2.09. The van der Waals surface area contributed by atoms with Gasteiger partial charge in [0.25, 0.3) is 5.91 Å². The number of esters is 1. The van der Waals surface area contributed by atoms with Crippen molar-refractivity contribution in [3.8, 4) is 0 Å². The first-order valence-corrected chi connectivity index (χ1v) is 7.17. The first kappa shape index (κ1) is 16.0. The second-order valence-corrected chi connectivity index (χ2v) is 5.32. The third kappa shape index (κ3) is 5.22. The summed E-state index contributed by atoms with van der Waals surface area (Å²) in [4.78, 5) is 23.4. The van der Waals surface area contributed by atoms with Crippen molar-refractivity contribution >= 4 is 29.2 Å². The second-order valence-electron chi connectivity index (χ2n) is 4.88. The topological polar surface area (TPSA) is 55.4 Å². The molecule has 2 aromatic rings. The van der Waals surface area contributed by atoms with Crippen molar-refractivity contribution in [2.75, 3.05) is 11.9 Å². The Morgan fingerprint density at radius 2 is 1.86 bits per heavy atom. The van der Waals surface area contributed by atoms with E-state index in [9.17, 15) is 9.59 Å². The van der Waals surface area contributed by atoms with Crippen LogP contribution in [0.3, 0.4) is 0 Å². The van der Waals surface area contributed by atoms with Crippen LogP contribution in [0.4, 0.5) is 5.69 Å². The van der Waals surface area contributed by atoms with Crippen LogP contribution < -0.4 is 5.32 Å². The molecule has 22 heavy (non-hydrogen) atoms. The summed E-state index contributed by atoms with van der Waals surface area (Å²) in [7, 11) is 0. The molecule has 0 bridgehead atoms. The molecule has 1 amide bonds. The Bertz CT molecular complexity index is 668. The highest BCUT2D eigenvalue weighted by Crippen LogP contribution is 2.11. The van der Waals surface area contributed by atoms with Gasteiger partial charge in [-0.15, -0.1) is 0 Å². The van der Waals surface area contributed by atoms with Crippen LogP contribution in [0.1, 0.15) is 11.1 Å². The van der Waals surface area contributed by atoms with Crippen LogP contribution in [0, 0.1) is 6.92 Å². The smallest absolute Gasteiger partial charge is 0.310 e. The van der Waals surface area contributed by atoms with Crippen molar-refractivity contribution in [2.45, 2.75) is 13.3 Å². The minimum atomic E-state index is -0.457. The molecule has 0 fully saturated rings. The van der Waals surface area contributed by atoms with E-state index >= 15 is 0 Å². The average molecular weight is 318 g/mol. The standard InChI is InChI=1S/C17H16ClNO3/c1-12-3-2-4-15(9-12)19-16(20)11-22-17(21)10-13-5-7-14(18)8-6-13/h2-9H,10-11H2,1H3,(H,19,20). The van der Waals surface area contributed by atoms with Crippen LogP contribution >= 0.6 is 11.6 Å². The van der Waals surface area contributed by atoms with Crippen LogP contribution in [0.25, 0.3) is 0 Å². The molecular formula is C17H16ClNO3. The van der Waals surface area contributed by atoms with Gasteiger partial charge in [0.1, 0.15) is 0 Å². The molecule has 0 aliphatic carbocycles. The van der Waals surface area contributed by atoms with Gasteiger partial charge in [0.2, 0.25) is 0 Å². The summed E-state index contributed by atoms with van der Waals surface area (Å²) in [5.74, 6) is -0.822. The van der Waals surface area contributed by atoms with Crippen LogP contribution in [0.15, 0.2) is 48.5 Å². The summed E-state index contributed by atoms with van der Waals surface area (Å²) < 4.78 is 4.96. The summed E-state index contributed by atoms with van der Waals surface area (Å²) >= 11 is 5.77. The van der Waals surface area contributed by atoms with Crippen LogP contribution in [-0.4, -0.2) is 18.5 Å². The van der Waals surface area contributed by atoms with Gasteiger partial charge in [-0.3, -0.25) is 9.59 Å². The Hall–Kier alpha value is -2.33. The zero-order chi connectivity index (χ0) is 15.9. The molecule has 0 heterocycles. The summed E-state index contributed by atoms with van der Waals surface area (Å²) in [5.41, 5.74) is 2.50. The number of ether oxygens (including phenoxy) is 1. The SMILES string of the molecule is Cc1cccc(NC(=O)COC(=O)Cc2ccc(Cl)cc2)c1. The number of halogens is 1. The fourth-order valence-corrected chi connectivity index (χ4v) is 2.01. The number of benzene rings is 2. The molecule has 0 aliphatic rings. The summed E-state index contributed by atoms with van der Waals surface area (Å²) in [6.45, 7) is 1.63. The van der Waals surface area contributed by atoms with Gasteiger partial charge in [0, 0.05) is 10.7 Å². The number of rotatable bonds is 5. The van der Waals surface area contributed by atoms with Crippen molar-refractivity contribution in [3.63, 3.8) is 0 Å². The zero-order valence-corrected chi connectivity index (χ0v) is 12.9. The normalized spacial score (nSPS) is 10.1. The van der Waals surface area contributed by atoms with E-state index in [-0.39, 0.29) is 18.9 Å². The number of anilines is 1. The predicted molar refractivity (Wildman–Crippen MR) is 85.9 cm³/mol. The van der Waals surface area contributed by atoms with E-state index in [4.69, 9.17) is 16.3 Å². The maximum atomic E-state index is 11.7. The van der Waals surface area contributed by atoms with Crippen molar-refractivity contribution in [3.05, 3.63) is 64.7 Å². The molecule has 2 rings (SSSR count). The number of aryl methyl sites for hydroxylation is 1. The predicted octanol–water partition coefficient (Wildman–Crippen LogP) is 3.37. The van der Waals surface area contributed by atoms with E-state index in [0.29, 0.717) is 10.7 Å². The highest BCUT2D eigenvalue weighted by atomic mass is 35.5. The highest BCUT2D eigenvalue weighted by molar-refractivity contribution is 6.30. The molecule has 0 saturated carbocycles. The Labute approximate surface area is 134 Å². The lowest BCUT2D eigenvalue weighted by atomic mass is 10.1. The molecule has 1 N–H and O–H groups in total. The summed E-state index contributed by atoms with van der Waals surface area (Å²) in [6.07, 6.45) is 0.106. The molecule has 5 heteroatoms. The average Bonchev–Trinajstić information content (AvgIpc) is 2.48. The number of hydrogen-bond donors (Lipinski definition) is 1. The van der Waals surface area contributed by atoms with Crippen LogP contribution in [0.2, 0.25) is 5.02 Å². The monoisotopic (exact) mass is 317 g/mol. The lowest BCUT2D eigenvalue weighted by molar-refractivity contribution is -0.146. The van der Waals surface area contributed by atoms with E-state index in [0.717, 1.165) is 11.1 Å². The fourth-order valence-electron chi connectivity index (χ4n) is 1.89. The molecule has 0 unspecified atom stereocenters. The van der Waals surface area contributed by atoms with Gasteiger partial charge in [-0.25, -0.2) is 0 Å². The van der Waals surface area contributed by atoms with E-state index in [2.05, 4.69) is 5.32 Å². The van der Waals surface area contributed by atoms with E-state index in [1.165, 1.54) is 0 Å². The van der Waals surface area contributed by atoms with Crippen molar-refractivity contribution in [2.24, 2.45) is 0 Å². The molecule has 0 saturated heterocycles. The van der Waals surface area contributed by atoms with Gasteiger partial charge in [0.15, 0.2) is 6.61 Å². The summed E-state index contributed by atoms with van der Waals surface area (Å²) in [6, 6.07) is 14.3. The molecule has 0 spiro atoms.